The van der Waals surface area contributed by atoms with Crippen LogP contribution in [0.1, 0.15) is 5.76 Å². The number of nitrogens with zero attached hydrogens (tertiary/aromatic N) is 1. The fourth-order valence-corrected chi connectivity index (χ4v) is 1.21. The summed E-state index contributed by atoms with van der Waals surface area (Å²) in [4.78, 5) is 10.2. The fraction of sp³-hybridized carbons (Fsp3) is 0.111. The Bertz CT molecular complexity index is 431. The monoisotopic (exact) mass is 161 g/mol. The molecule has 60 valence electrons. The summed E-state index contributed by atoms with van der Waals surface area (Å²) < 4.78 is 5.31. The van der Waals surface area contributed by atoms with Crippen LogP contribution in [-0.4, -0.2) is 0 Å². The third kappa shape index (κ3) is 0.993. The minimum atomic E-state index is 0.400. The summed E-state index contributed by atoms with van der Waals surface area (Å²) in [6.45, 7) is 1.87. The van der Waals surface area contributed by atoms with Crippen molar-refractivity contribution in [2.24, 2.45) is 5.18 Å². The number of hydrogen-bond acceptors (Lipinski definition) is 3. The molecule has 0 aliphatic carbocycles. The first-order valence-electron chi connectivity index (χ1n) is 3.63. The van der Waals surface area contributed by atoms with Crippen molar-refractivity contribution < 1.29 is 4.42 Å². The lowest BCUT2D eigenvalue weighted by Crippen LogP contribution is -1.62. The van der Waals surface area contributed by atoms with Crippen molar-refractivity contribution in [1.29, 1.82) is 0 Å². The van der Waals surface area contributed by atoms with Crippen molar-refractivity contribution in [2.45, 2.75) is 6.92 Å². The number of benzene rings is 1. The molecule has 0 atom stereocenters. The van der Waals surface area contributed by atoms with Gasteiger partial charge in [-0.05, 0) is 30.3 Å². The highest BCUT2D eigenvalue weighted by atomic mass is 16.3. The molecule has 0 N–H and O–H groups in total. The van der Waals surface area contributed by atoms with E-state index in [1.54, 1.807) is 12.1 Å². The lowest BCUT2D eigenvalue weighted by Gasteiger charge is -1.87. The summed E-state index contributed by atoms with van der Waals surface area (Å²) in [6.07, 6.45) is 0. The van der Waals surface area contributed by atoms with Crippen LogP contribution in [-0.2, 0) is 0 Å². The van der Waals surface area contributed by atoms with Crippen LogP contribution in [0.15, 0.2) is 33.9 Å². The molecule has 0 amide bonds. The zero-order valence-electron chi connectivity index (χ0n) is 6.57. The van der Waals surface area contributed by atoms with E-state index in [1.807, 2.05) is 19.1 Å². The van der Waals surface area contributed by atoms with E-state index in [1.165, 1.54) is 0 Å². The number of rotatable bonds is 1. The lowest BCUT2D eigenvalue weighted by atomic mass is 10.2. The zero-order chi connectivity index (χ0) is 8.55. The van der Waals surface area contributed by atoms with E-state index < -0.39 is 0 Å². The molecule has 0 spiro atoms. The predicted octanol–water partition coefficient (Wildman–Crippen LogP) is 3.14. The second-order valence-electron chi connectivity index (χ2n) is 2.67. The first-order valence-corrected chi connectivity index (χ1v) is 3.63. The fourth-order valence-electron chi connectivity index (χ4n) is 1.21. The Morgan fingerprint density at radius 3 is 2.92 bits per heavy atom. The summed E-state index contributed by atoms with van der Waals surface area (Å²) in [5.41, 5.74) is 1.11. The largest absolute Gasteiger partial charge is 0.461 e. The van der Waals surface area contributed by atoms with E-state index in [0.717, 1.165) is 11.1 Å². The Kier molecular flexibility index (Phi) is 1.43. The Labute approximate surface area is 69.0 Å². The van der Waals surface area contributed by atoms with Gasteiger partial charge in [0, 0.05) is 11.5 Å². The molecule has 1 heterocycles. The van der Waals surface area contributed by atoms with E-state index in [0.29, 0.717) is 11.3 Å². The van der Waals surface area contributed by atoms with Crippen molar-refractivity contribution >= 4 is 16.7 Å². The zero-order valence-corrected chi connectivity index (χ0v) is 6.57. The molecule has 0 bridgehead atoms. The van der Waals surface area contributed by atoms with Gasteiger partial charge in [0.1, 0.15) is 17.0 Å². The Morgan fingerprint density at radius 1 is 1.33 bits per heavy atom. The Hall–Kier alpha value is -1.64. The number of furan rings is 1. The minimum absolute atomic E-state index is 0.400. The molecule has 0 saturated heterocycles. The van der Waals surface area contributed by atoms with Crippen LogP contribution in [0.2, 0.25) is 0 Å². The number of fused-ring (bicyclic) bond motifs is 1. The van der Waals surface area contributed by atoms with Crippen LogP contribution >= 0.6 is 0 Å². The molecule has 3 nitrogen and oxygen atoms in total. The van der Waals surface area contributed by atoms with Gasteiger partial charge in [-0.25, -0.2) is 0 Å². The minimum Gasteiger partial charge on any atom is -0.461 e. The van der Waals surface area contributed by atoms with Gasteiger partial charge in [-0.1, -0.05) is 0 Å². The summed E-state index contributed by atoms with van der Waals surface area (Å²) in [5.74, 6) is 0.841. The molecule has 1 aromatic carbocycles. The first-order chi connectivity index (χ1) is 5.79. The SMILES string of the molecule is Cc1cc2ccc(N=O)cc2o1. The Balaban J connectivity index is 2.74. The van der Waals surface area contributed by atoms with Crippen molar-refractivity contribution in [3.05, 3.63) is 34.9 Å². The number of hydrogen-bond donors (Lipinski definition) is 0. The molecular formula is C9H7NO2. The molecule has 1 aromatic heterocycles. The van der Waals surface area contributed by atoms with E-state index in [4.69, 9.17) is 4.42 Å². The maximum absolute atomic E-state index is 10.2. The van der Waals surface area contributed by atoms with Crippen LogP contribution in [0.4, 0.5) is 5.69 Å². The van der Waals surface area contributed by atoms with E-state index >= 15 is 0 Å². The second kappa shape index (κ2) is 2.44. The molecule has 0 aliphatic heterocycles. The van der Waals surface area contributed by atoms with Crippen molar-refractivity contribution in [2.75, 3.05) is 0 Å². The molecule has 0 fully saturated rings. The van der Waals surface area contributed by atoms with Gasteiger partial charge in [0.25, 0.3) is 0 Å². The first kappa shape index (κ1) is 7.03. The van der Waals surface area contributed by atoms with Gasteiger partial charge in [0.15, 0.2) is 0 Å². The molecule has 0 unspecified atom stereocenters. The highest BCUT2D eigenvalue weighted by Crippen LogP contribution is 2.23. The van der Waals surface area contributed by atoms with Crippen LogP contribution in [0, 0.1) is 11.8 Å². The summed E-state index contributed by atoms with van der Waals surface area (Å²) in [7, 11) is 0. The average molecular weight is 161 g/mol. The summed E-state index contributed by atoms with van der Waals surface area (Å²) >= 11 is 0. The third-order valence-electron chi connectivity index (χ3n) is 1.73. The van der Waals surface area contributed by atoms with Crippen molar-refractivity contribution in [3.8, 4) is 0 Å². The average Bonchev–Trinajstić information content (AvgIpc) is 2.43. The van der Waals surface area contributed by atoms with Gasteiger partial charge < -0.3 is 4.42 Å². The normalized spacial score (nSPS) is 10.4. The van der Waals surface area contributed by atoms with Gasteiger partial charge in [0.05, 0.1) is 0 Å². The van der Waals surface area contributed by atoms with Crippen molar-refractivity contribution in [3.63, 3.8) is 0 Å². The molecule has 0 aliphatic rings. The molecule has 2 aromatic rings. The van der Waals surface area contributed by atoms with E-state index in [-0.39, 0.29) is 0 Å². The topological polar surface area (TPSA) is 42.6 Å². The molecule has 0 saturated carbocycles. The second-order valence-corrected chi connectivity index (χ2v) is 2.67. The molecule has 2 rings (SSSR count). The highest BCUT2D eigenvalue weighted by molar-refractivity contribution is 5.80. The molecular weight excluding hydrogens is 154 g/mol. The van der Waals surface area contributed by atoms with Gasteiger partial charge in [-0.15, -0.1) is 4.91 Å². The van der Waals surface area contributed by atoms with Crippen LogP contribution in [0.25, 0.3) is 11.0 Å². The summed E-state index contributed by atoms with van der Waals surface area (Å²) in [6, 6.07) is 7.05. The maximum Gasteiger partial charge on any atom is 0.136 e. The van der Waals surface area contributed by atoms with Gasteiger partial charge in [-0.2, -0.15) is 0 Å². The van der Waals surface area contributed by atoms with Gasteiger partial charge in [0.2, 0.25) is 0 Å². The quantitative estimate of drug-likeness (QED) is 0.603. The smallest absolute Gasteiger partial charge is 0.136 e. The lowest BCUT2D eigenvalue weighted by molar-refractivity contribution is 0.578. The highest BCUT2D eigenvalue weighted by Gasteiger charge is 2.00. The van der Waals surface area contributed by atoms with Gasteiger partial charge >= 0.3 is 0 Å². The molecule has 12 heavy (non-hydrogen) atoms. The number of aryl methyl sites for hydroxylation is 1. The van der Waals surface area contributed by atoms with Crippen LogP contribution < -0.4 is 0 Å². The van der Waals surface area contributed by atoms with E-state index in [2.05, 4.69) is 5.18 Å². The van der Waals surface area contributed by atoms with Gasteiger partial charge in [-0.3, -0.25) is 0 Å². The Morgan fingerprint density at radius 2 is 2.17 bits per heavy atom. The molecule has 0 radical (unpaired) electrons. The third-order valence-corrected chi connectivity index (χ3v) is 1.73. The van der Waals surface area contributed by atoms with Crippen LogP contribution in [0.5, 0.6) is 0 Å². The number of nitroso groups, excluding NO2 is 1. The predicted molar refractivity (Wildman–Crippen MR) is 46.4 cm³/mol. The summed E-state index contributed by atoms with van der Waals surface area (Å²) in [5, 5.41) is 3.82. The molecule has 3 heteroatoms. The van der Waals surface area contributed by atoms with E-state index in [9.17, 15) is 4.91 Å². The van der Waals surface area contributed by atoms with Crippen molar-refractivity contribution in [1.82, 2.24) is 0 Å². The van der Waals surface area contributed by atoms with Crippen LogP contribution in [0.3, 0.4) is 0 Å². The standard InChI is InChI=1S/C9H7NO2/c1-6-4-7-2-3-8(10-11)5-9(7)12-6/h2-5H,1H3. The maximum atomic E-state index is 10.2.